The summed E-state index contributed by atoms with van der Waals surface area (Å²) in [5, 5.41) is 13.6. The lowest BCUT2D eigenvalue weighted by molar-refractivity contribution is -0.133. The Morgan fingerprint density at radius 2 is 1.82 bits per heavy atom. The number of hydrogen-bond donors (Lipinski definition) is 2. The lowest BCUT2D eigenvalue weighted by Gasteiger charge is -2.39. The third-order valence-electron chi connectivity index (χ3n) is 8.25. The Kier molecular flexibility index (Phi) is 13.4. The summed E-state index contributed by atoms with van der Waals surface area (Å²) in [5.41, 5.74) is 4.96. The molecular weight excluding hydrogens is 620 g/mol. The lowest BCUT2D eigenvalue weighted by Crippen LogP contribution is -2.57. The minimum atomic E-state index is -4.10. The molecule has 45 heavy (non-hydrogen) atoms. The topological polar surface area (TPSA) is 144 Å². The third kappa shape index (κ3) is 8.82. The van der Waals surface area contributed by atoms with Gasteiger partial charge in [-0.15, -0.1) is 12.4 Å². The summed E-state index contributed by atoms with van der Waals surface area (Å²) in [6.07, 6.45) is 3.47. The first-order valence-corrected chi connectivity index (χ1v) is 16.6. The molecule has 1 aliphatic rings. The van der Waals surface area contributed by atoms with E-state index in [1.165, 1.54) is 17.7 Å². The molecule has 3 aromatic rings. The number of aromatic nitrogens is 2. The highest BCUT2D eigenvalue weighted by molar-refractivity contribution is 7.93. The van der Waals surface area contributed by atoms with Crippen LogP contribution in [0.4, 0.5) is 0 Å². The van der Waals surface area contributed by atoms with Crippen molar-refractivity contribution < 1.29 is 32.4 Å². The van der Waals surface area contributed by atoms with Gasteiger partial charge in [-0.05, 0) is 80.3 Å². The Morgan fingerprint density at radius 1 is 1.11 bits per heavy atom. The molecule has 248 valence electrons. The molecule has 0 aliphatic carbocycles. The Labute approximate surface area is 272 Å². The van der Waals surface area contributed by atoms with Crippen LogP contribution in [-0.2, 0) is 32.2 Å². The van der Waals surface area contributed by atoms with Gasteiger partial charge in [0.2, 0.25) is 11.7 Å². The second-order valence-corrected chi connectivity index (χ2v) is 14.0. The molecule has 2 aromatic carbocycles. The highest BCUT2D eigenvalue weighted by Gasteiger charge is 2.52. The van der Waals surface area contributed by atoms with Crippen molar-refractivity contribution in [2.45, 2.75) is 68.9 Å². The summed E-state index contributed by atoms with van der Waals surface area (Å²) >= 11 is 0. The predicted molar refractivity (Wildman–Crippen MR) is 173 cm³/mol. The second kappa shape index (κ2) is 16.5. The van der Waals surface area contributed by atoms with Crippen molar-refractivity contribution in [1.29, 1.82) is 0 Å². The van der Waals surface area contributed by atoms with Crippen molar-refractivity contribution in [2.24, 2.45) is 5.92 Å². The highest BCUT2D eigenvalue weighted by Crippen LogP contribution is 2.36. The average Bonchev–Trinajstić information content (AvgIpc) is 3.49. The zero-order valence-corrected chi connectivity index (χ0v) is 28.1. The van der Waals surface area contributed by atoms with Gasteiger partial charge in [0.25, 0.3) is 5.91 Å². The number of piperidine rings is 1. The highest BCUT2D eigenvalue weighted by atomic mass is 35.5. The third-order valence-corrected chi connectivity index (χ3v) is 10.8. The fraction of sp³-hybridized carbons (Fsp3) is 0.531. The molecule has 1 saturated heterocycles. The Bertz CT molecular complexity index is 1490. The number of hydrogen-bond acceptors (Lipinski definition) is 10. The average molecular weight is 665 g/mol. The van der Waals surface area contributed by atoms with Crippen LogP contribution in [0, 0.1) is 12.8 Å². The van der Waals surface area contributed by atoms with Gasteiger partial charge in [-0.25, -0.2) is 13.9 Å². The van der Waals surface area contributed by atoms with E-state index in [1.807, 2.05) is 4.90 Å². The van der Waals surface area contributed by atoms with Gasteiger partial charge in [0.1, 0.15) is 5.75 Å². The van der Waals surface area contributed by atoms with E-state index >= 15 is 0 Å². The van der Waals surface area contributed by atoms with Gasteiger partial charge >= 0.3 is 0 Å². The molecule has 2 N–H and O–H groups in total. The standard InChI is InChI=1S/C32H44N4O7S.ClH/c1-23(2)7-8-25-9-14-28(24(3)22-25)30-33-29(43-35-30)6-5-20-42-26-10-12-27(13-11-26)44(39,40)32(31(37)34-38)15-17-36(18-16-32)19-21-41-4;/h9-14,22-23,38H,5-8,15-21H2,1-4H3,(H,34,37);1H. The van der Waals surface area contributed by atoms with Crippen LogP contribution in [-0.4, -0.2) is 79.3 Å². The van der Waals surface area contributed by atoms with Crippen LogP contribution < -0.4 is 10.2 Å². The number of carbonyl (C=O) groups excluding carboxylic acids is 1. The van der Waals surface area contributed by atoms with Gasteiger partial charge < -0.3 is 18.9 Å². The molecule has 0 unspecified atom stereocenters. The van der Waals surface area contributed by atoms with Gasteiger partial charge in [-0.3, -0.25) is 10.0 Å². The second-order valence-electron chi connectivity index (χ2n) is 11.8. The minimum absolute atomic E-state index is 0. The van der Waals surface area contributed by atoms with Crippen molar-refractivity contribution in [1.82, 2.24) is 20.5 Å². The number of carbonyl (C=O) groups is 1. The molecule has 0 saturated carbocycles. The number of aryl methyl sites for hydroxylation is 3. The summed E-state index contributed by atoms with van der Waals surface area (Å²) in [7, 11) is -2.50. The molecule has 0 bridgehead atoms. The molecule has 1 aromatic heterocycles. The number of amides is 1. The Hall–Kier alpha value is -3.03. The summed E-state index contributed by atoms with van der Waals surface area (Å²) in [6, 6.07) is 12.4. The van der Waals surface area contributed by atoms with Gasteiger partial charge in [0.05, 0.1) is 18.1 Å². The van der Waals surface area contributed by atoms with E-state index in [0.717, 1.165) is 24.0 Å². The van der Waals surface area contributed by atoms with E-state index < -0.39 is 20.5 Å². The lowest BCUT2D eigenvalue weighted by atomic mass is 9.95. The number of benzene rings is 2. The summed E-state index contributed by atoms with van der Waals surface area (Å²) < 4.78 is 42.0. The Balaban J connectivity index is 0.00000552. The minimum Gasteiger partial charge on any atom is -0.494 e. The molecule has 13 heteroatoms. The molecule has 11 nitrogen and oxygen atoms in total. The van der Waals surface area contributed by atoms with Gasteiger partial charge in [-0.2, -0.15) is 4.98 Å². The zero-order valence-electron chi connectivity index (χ0n) is 26.5. The maximum absolute atomic E-state index is 13.7. The van der Waals surface area contributed by atoms with E-state index in [9.17, 15) is 18.4 Å². The molecule has 0 spiro atoms. The van der Waals surface area contributed by atoms with E-state index in [2.05, 4.69) is 49.1 Å². The zero-order chi connectivity index (χ0) is 31.7. The number of hydroxylamine groups is 1. The van der Waals surface area contributed by atoms with Crippen molar-refractivity contribution in [3.8, 4) is 17.1 Å². The first-order chi connectivity index (χ1) is 21.1. The van der Waals surface area contributed by atoms with E-state index in [1.54, 1.807) is 24.7 Å². The number of ether oxygens (including phenoxy) is 2. The monoisotopic (exact) mass is 664 g/mol. The SMILES string of the molecule is COCCN1CCC(C(=O)NO)(S(=O)(=O)c2ccc(OCCCc3nc(-c4ccc(CCC(C)C)cc4C)no3)cc2)CC1.Cl. The summed E-state index contributed by atoms with van der Waals surface area (Å²) in [6.45, 7) is 8.81. The molecule has 2 heterocycles. The van der Waals surface area contributed by atoms with Crippen LogP contribution in [0.5, 0.6) is 5.75 Å². The van der Waals surface area contributed by atoms with Crippen molar-refractivity contribution in [3.63, 3.8) is 0 Å². The summed E-state index contributed by atoms with van der Waals surface area (Å²) in [5.74, 6) is 1.34. The molecular formula is C32H45ClN4O7S. The number of halogens is 1. The van der Waals surface area contributed by atoms with Crippen molar-refractivity contribution in [2.75, 3.05) is 40.0 Å². The number of nitrogens with one attached hydrogen (secondary N) is 1. The van der Waals surface area contributed by atoms with Crippen LogP contribution >= 0.6 is 12.4 Å². The largest absolute Gasteiger partial charge is 0.494 e. The van der Waals surface area contributed by atoms with Crippen molar-refractivity contribution in [3.05, 3.63) is 59.5 Å². The maximum Gasteiger partial charge on any atom is 0.265 e. The van der Waals surface area contributed by atoms with E-state index in [4.69, 9.17) is 14.0 Å². The van der Waals surface area contributed by atoms with Crippen LogP contribution in [0.1, 0.15) is 56.5 Å². The molecule has 4 rings (SSSR count). The predicted octanol–water partition coefficient (Wildman–Crippen LogP) is 4.83. The van der Waals surface area contributed by atoms with Crippen LogP contribution in [0.2, 0.25) is 0 Å². The quantitative estimate of drug-likeness (QED) is 0.132. The van der Waals surface area contributed by atoms with Gasteiger partial charge in [-0.1, -0.05) is 37.2 Å². The van der Waals surface area contributed by atoms with Crippen LogP contribution in [0.25, 0.3) is 11.4 Å². The first-order valence-electron chi connectivity index (χ1n) is 15.2. The maximum atomic E-state index is 13.7. The molecule has 1 fully saturated rings. The Morgan fingerprint density at radius 3 is 2.44 bits per heavy atom. The van der Waals surface area contributed by atoms with E-state index in [-0.39, 0.29) is 30.1 Å². The number of likely N-dealkylation sites (tertiary alicyclic amines) is 1. The normalized spacial score (nSPS) is 15.1. The fourth-order valence-electron chi connectivity index (χ4n) is 5.49. The number of sulfone groups is 1. The van der Waals surface area contributed by atoms with Gasteiger partial charge in [0.15, 0.2) is 14.6 Å². The van der Waals surface area contributed by atoms with Crippen LogP contribution in [0.15, 0.2) is 51.9 Å². The van der Waals surface area contributed by atoms with Crippen LogP contribution in [0.3, 0.4) is 0 Å². The number of rotatable bonds is 15. The van der Waals surface area contributed by atoms with E-state index in [0.29, 0.717) is 69.1 Å². The smallest absolute Gasteiger partial charge is 0.265 e. The number of methoxy groups -OCH3 is 1. The summed E-state index contributed by atoms with van der Waals surface area (Å²) in [4.78, 5) is 19.3. The molecule has 1 aliphatic heterocycles. The fourth-order valence-corrected chi connectivity index (χ4v) is 7.44. The molecule has 0 atom stereocenters. The molecule has 1 amide bonds. The van der Waals surface area contributed by atoms with Crippen molar-refractivity contribution >= 4 is 28.2 Å². The molecule has 0 radical (unpaired) electrons. The number of nitrogens with zero attached hydrogens (tertiary/aromatic N) is 3. The van der Waals surface area contributed by atoms with Gasteiger partial charge in [0, 0.05) is 38.7 Å². The first kappa shape index (κ1) is 36.4.